The molecule has 29 heavy (non-hydrogen) atoms. The van der Waals surface area contributed by atoms with Crippen LogP contribution in [0.15, 0.2) is 75.9 Å². The van der Waals surface area contributed by atoms with Crippen LogP contribution in [0.4, 0.5) is 5.69 Å². The molecular formula is C20H16ClN5O2S. The molecule has 1 N–H and O–H groups in total. The average Bonchev–Trinajstić information content (AvgIpc) is 3.11. The summed E-state index contributed by atoms with van der Waals surface area (Å²) in [6, 6.07) is 12.4. The number of rotatable bonds is 5. The van der Waals surface area contributed by atoms with Crippen LogP contribution in [0.5, 0.6) is 0 Å². The predicted octanol–water partition coefficient (Wildman–Crippen LogP) is 3.57. The second kappa shape index (κ2) is 8.10. The van der Waals surface area contributed by atoms with Crippen molar-refractivity contribution in [3.63, 3.8) is 0 Å². The number of imidazole rings is 1. The van der Waals surface area contributed by atoms with E-state index in [1.54, 1.807) is 36.5 Å². The SMILES string of the molecule is Cn1ccnc1Sc1ccc(Cl)cc1NC(=O)Cn1c(=O)cnc2ccccc21. The number of anilines is 1. The lowest BCUT2D eigenvalue weighted by atomic mass is 10.3. The van der Waals surface area contributed by atoms with Gasteiger partial charge in [-0.1, -0.05) is 23.7 Å². The summed E-state index contributed by atoms with van der Waals surface area (Å²) in [4.78, 5) is 34.2. The zero-order valence-electron chi connectivity index (χ0n) is 15.4. The van der Waals surface area contributed by atoms with E-state index in [0.717, 1.165) is 10.1 Å². The van der Waals surface area contributed by atoms with Gasteiger partial charge in [-0.15, -0.1) is 0 Å². The summed E-state index contributed by atoms with van der Waals surface area (Å²) in [5.41, 5.74) is 1.46. The van der Waals surface area contributed by atoms with E-state index in [-0.39, 0.29) is 18.0 Å². The lowest BCUT2D eigenvalue weighted by molar-refractivity contribution is -0.116. The number of carbonyl (C=O) groups is 1. The minimum atomic E-state index is -0.340. The van der Waals surface area contributed by atoms with Crippen LogP contribution in [0.1, 0.15) is 0 Å². The number of fused-ring (bicyclic) bond motifs is 1. The summed E-state index contributed by atoms with van der Waals surface area (Å²) in [7, 11) is 1.89. The molecule has 0 saturated heterocycles. The molecule has 4 aromatic rings. The van der Waals surface area contributed by atoms with Gasteiger partial charge in [-0.25, -0.2) is 9.97 Å². The van der Waals surface area contributed by atoms with E-state index in [0.29, 0.717) is 21.7 Å². The van der Waals surface area contributed by atoms with Gasteiger partial charge in [0.2, 0.25) is 5.91 Å². The number of aromatic nitrogens is 4. The molecule has 2 aromatic heterocycles. The molecule has 7 nitrogen and oxygen atoms in total. The summed E-state index contributed by atoms with van der Waals surface area (Å²) in [5, 5.41) is 4.14. The van der Waals surface area contributed by atoms with Gasteiger partial charge in [0.05, 0.1) is 22.9 Å². The average molecular weight is 426 g/mol. The molecule has 1 amide bonds. The molecule has 2 aromatic carbocycles. The van der Waals surface area contributed by atoms with Gasteiger partial charge in [-0.2, -0.15) is 0 Å². The van der Waals surface area contributed by atoms with Crippen molar-refractivity contribution < 1.29 is 4.79 Å². The summed E-state index contributed by atoms with van der Waals surface area (Å²) < 4.78 is 3.28. The van der Waals surface area contributed by atoms with Crippen molar-refractivity contribution in [3.05, 3.63) is 76.4 Å². The van der Waals surface area contributed by atoms with Crippen LogP contribution in [0.2, 0.25) is 5.02 Å². The van der Waals surface area contributed by atoms with Gasteiger partial charge < -0.3 is 9.88 Å². The molecule has 146 valence electrons. The maximum atomic E-state index is 12.7. The van der Waals surface area contributed by atoms with Crippen molar-refractivity contribution in [3.8, 4) is 0 Å². The van der Waals surface area contributed by atoms with Crippen molar-refractivity contribution in [1.82, 2.24) is 19.1 Å². The first-order valence-electron chi connectivity index (χ1n) is 8.70. The smallest absolute Gasteiger partial charge is 0.269 e. The molecule has 0 radical (unpaired) electrons. The summed E-state index contributed by atoms with van der Waals surface area (Å²) >= 11 is 7.54. The first kappa shape index (κ1) is 19.2. The lowest BCUT2D eigenvalue weighted by Crippen LogP contribution is -2.28. The fourth-order valence-corrected chi connectivity index (χ4v) is 3.89. The first-order valence-corrected chi connectivity index (χ1v) is 9.90. The number of nitrogens with one attached hydrogen (secondary N) is 1. The van der Waals surface area contributed by atoms with Gasteiger partial charge in [0.15, 0.2) is 5.16 Å². The quantitative estimate of drug-likeness (QED) is 0.528. The minimum absolute atomic E-state index is 0.138. The van der Waals surface area contributed by atoms with Crippen molar-refractivity contribution in [2.75, 3.05) is 5.32 Å². The monoisotopic (exact) mass is 425 g/mol. The molecule has 0 bridgehead atoms. The second-order valence-electron chi connectivity index (χ2n) is 6.28. The highest BCUT2D eigenvalue weighted by Gasteiger charge is 2.13. The highest BCUT2D eigenvalue weighted by Crippen LogP contribution is 2.34. The number of aryl methyl sites for hydroxylation is 1. The van der Waals surface area contributed by atoms with Crippen molar-refractivity contribution in [2.45, 2.75) is 16.6 Å². The molecule has 0 aliphatic heterocycles. The topological polar surface area (TPSA) is 81.8 Å². The van der Waals surface area contributed by atoms with E-state index < -0.39 is 0 Å². The van der Waals surface area contributed by atoms with E-state index in [1.165, 1.54) is 22.5 Å². The van der Waals surface area contributed by atoms with Gasteiger partial charge in [-0.05, 0) is 42.1 Å². The molecule has 0 unspecified atom stereocenters. The number of para-hydroxylation sites is 2. The molecule has 0 fully saturated rings. The normalized spacial score (nSPS) is 11.0. The minimum Gasteiger partial charge on any atom is -0.329 e. The molecule has 2 heterocycles. The van der Waals surface area contributed by atoms with Crippen molar-refractivity contribution in [2.24, 2.45) is 7.05 Å². The molecule has 0 aliphatic carbocycles. The highest BCUT2D eigenvalue weighted by atomic mass is 35.5. The number of benzene rings is 2. The van der Waals surface area contributed by atoms with Gasteiger partial charge in [0, 0.05) is 29.4 Å². The summed E-state index contributed by atoms with van der Waals surface area (Å²) in [6.45, 7) is -0.138. The van der Waals surface area contributed by atoms with Gasteiger partial charge in [0.25, 0.3) is 5.56 Å². The molecule has 0 spiro atoms. The molecular weight excluding hydrogens is 410 g/mol. The molecule has 0 atom stereocenters. The molecule has 9 heteroatoms. The van der Waals surface area contributed by atoms with Gasteiger partial charge >= 0.3 is 0 Å². The maximum absolute atomic E-state index is 12.7. The van der Waals surface area contributed by atoms with Crippen LogP contribution in [0, 0.1) is 0 Å². The Balaban J connectivity index is 1.61. The Kier molecular flexibility index (Phi) is 5.37. The zero-order chi connectivity index (χ0) is 20.4. The van der Waals surface area contributed by atoms with E-state index in [2.05, 4.69) is 15.3 Å². The number of hydrogen-bond acceptors (Lipinski definition) is 5. The third kappa shape index (κ3) is 4.18. The molecule has 0 saturated carbocycles. The number of halogens is 1. The van der Waals surface area contributed by atoms with Crippen molar-refractivity contribution in [1.29, 1.82) is 0 Å². The summed E-state index contributed by atoms with van der Waals surface area (Å²) in [5.74, 6) is -0.340. The fraction of sp³-hybridized carbons (Fsp3) is 0.100. The van der Waals surface area contributed by atoms with Crippen molar-refractivity contribution >= 4 is 46.0 Å². The van der Waals surface area contributed by atoms with Crippen LogP contribution in [-0.4, -0.2) is 25.0 Å². The number of amides is 1. The predicted molar refractivity (Wildman–Crippen MR) is 113 cm³/mol. The Hall–Kier alpha value is -3.10. The number of hydrogen-bond donors (Lipinski definition) is 1. The van der Waals surface area contributed by atoms with Crippen LogP contribution in [0.25, 0.3) is 11.0 Å². The zero-order valence-corrected chi connectivity index (χ0v) is 16.9. The third-order valence-corrected chi connectivity index (χ3v) is 5.64. The van der Waals surface area contributed by atoms with Crippen LogP contribution in [-0.2, 0) is 18.4 Å². The fourth-order valence-electron chi connectivity index (χ4n) is 2.85. The molecule has 4 rings (SSSR count). The number of carbonyl (C=O) groups excluding carboxylic acids is 1. The lowest BCUT2D eigenvalue weighted by Gasteiger charge is -2.13. The van der Waals surface area contributed by atoms with E-state index in [1.807, 2.05) is 29.9 Å². The first-order chi connectivity index (χ1) is 14.0. The van der Waals surface area contributed by atoms with Crippen LogP contribution < -0.4 is 10.9 Å². The Morgan fingerprint density at radius 1 is 1.21 bits per heavy atom. The van der Waals surface area contributed by atoms with Gasteiger partial charge in [0.1, 0.15) is 6.54 Å². The van der Waals surface area contributed by atoms with Gasteiger partial charge in [-0.3, -0.25) is 14.2 Å². The highest BCUT2D eigenvalue weighted by molar-refractivity contribution is 7.99. The van der Waals surface area contributed by atoms with Crippen LogP contribution in [0.3, 0.4) is 0 Å². The standard InChI is InChI=1S/C20H16ClN5O2S/c1-25-9-8-22-20(25)29-17-7-6-13(21)10-15(17)24-18(27)12-26-16-5-3-2-4-14(16)23-11-19(26)28/h2-11H,12H2,1H3,(H,24,27). The Bertz CT molecular complexity index is 1270. The van der Waals surface area contributed by atoms with E-state index in [4.69, 9.17) is 11.6 Å². The Morgan fingerprint density at radius 3 is 2.83 bits per heavy atom. The summed E-state index contributed by atoms with van der Waals surface area (Å²) in [6.07, 6.45) is 4.77. The second-order valence-corrected chi connectivity index (χ2v) is 7.73. The third-order valence-electron chi connectivity index (χ3n) is 4.25. The molecule has 0 aliphatic rings. The van der Waals surface area contributed by atoms with E-state index >= 15 is 0 Å². The Labute approximate surface area is 175 Å². The van der Waals surface area contributed by atoms with E-state index in [9.17, 15) is 9.59 Å². The van der Waals surface area contributed by atoms with Crippen LogP contribution >= 0.6 is 23.4 Å². The largest absolute Gasteiger partial charge is 0.329 e. The Morgan fingerprint density at radius 2 is 2.03 bits per heavy atom. The number of nitrogens with zero attached hydrogens (tertiary/aromatic N) is 4. The maximum Gasteiger partial charge on any atom is 0.269 e.